The van der Waals surface area contributed by atoms with Crippen LogP contribution in [0.4, 0.5) is 0 Å². The maximum absolute atomic E-state index is 5.80. The predicted molar refractivity (Wildman–Crippen MR) is 74.0 cm³/mol. The molecule has 0 aromatic heterocycles. The Hall–Kier alpha value is -1.55. The lowest BCUT2D eigenvalue weighted by atomic mass is 10.2. The first-order valence-corrected chi connectivity index (χ1v) is 6.27. The molecule has 0 amide bonds. The molecule has 0 saturated heterocycles. The van der Waals surface area contributed by atoms with Gasteiger partial charge in [0, 0.05) is 5.02 Å². The summed E-state index contributed by atoms with van der Waals surface area (Å²) in [5.74, 6) is 0.825. The minimum atomic E-state index is 0.396. The first-order valence-electron chi connectivity index (χ1n) is 5.90. The molecular formula is C15H15ClO3. The van der Waals surface area contributed by atoms with E-state index in [9.17, 15) is 0 Å². The molecule has 2 aromatic carbocycles. The number of hydrogen-bond donors (Lipinski definition) is 0. The lowest BCUT2D eigenvalue weighted by molar-refractivity contribution is -0.313. The van der Waals surface area contributed by atoms with Crippen molar-refractivity contribution in [1.82, 2.24) is 0 Å². The molecule has 0 saturated carbocycles. The summed E-state index contributed by atoms with van der Waals surface area (Å²) >= 11 is 5.80. The van der Waals surface area contributed by atoms with Gasteiger partial charge in [0.05, 0.1) is 7.11 Å². The fourth-order valence-corrected chi connectivity index (χ4v) is 1.65. The molecule has 0 bridgehead atoms. The molecule has 0 aliphatic carbocycles. The van der Waals surface area contributed by atoms with Crippen LogP contribution >= 0.6 is 11.6 Å². The maximum Gasteiger partial charge on any atom is 0.118 e. The number of benzene rings is 2. The average molecular weight is 279 g/mol. The summed E-state index contributed by atoms with van der Waals surface area (Å²) in [6, 6.07) is 15.1. The quantitative estimate of drug-likeness (QED) is 0.454. The number of rotatable bonds is 6. The smallest absolute Gasteiger partial charge is 0.118 e. The van der Waals surface area contributed by atoms with Crippen LogP contribution in [0, 0.1) is 0 Å². The average Bonchev–Trinajstić information content (AvgIpc) is 2.46. The van der Waals surface area contributed by atoms with E-state index in [2.05, 4.69) is 0 Å². The monoisotopic (exact) mass is 278 g/mol. The largest absolute Gasteiger partial charge is 0.497 e. The molecule has 2 rings (SSSR count). The van der Waals surface area contributed by atoms with Crippen molar-refractivity contribution in [2.45, 2.75) is 13.2 Å². The lowest BCUT2D eigenvalue weighted by Crippen LogP contribution is -1.96. The van der Waals surface area contributed by atoms with Gasteiger partial charge in [0.1, 0.15) is 19.0 Å². The molecule has 0 unspecified atom stereocenters. The summed E-state index contributed by atoms with van der Waals surface area (Å²) < 4.78 is 5.08. The molecular weight excluding hydrogens is 264 g/mol. The van der Waals surface area contributed by atoms with E-state index in [4.69, 9.17) is 26.1 Å². The second kappa shape index (κ2) is 7.14. The van der Waals surface area contributed by atoms with Gasteiger partial charge in [-0.05, 0) is 35.4 Å². The Morgan fingerprint density at radius 2 is 1.26 bits per heavy atom. The van der Waals surface area contributed by atoms with Crippen LogP contribution in [-0.4, -0.2) is 7.11 Å². The van der Waals surface area contributed by atoms with E-state index in [0.29, 0.717) is 18.2 Å². The van der Waals surface area contributed by atoms with Gasteiger partial charge >= 0.3 is 0 Å². The summed E-state index contributed by atoms with van der Waals surface area (Å²) in [7, 11) is 1.64. The lowest BCUT2D eigenvalue weighted by Gasteiger charge is -2.05. The Bertz CT molecular complexity index is 494. The summed E-state index contributed by atoms with van der Waals surface area (Å²) in [6.07, 6.45) is 0. The van der Waals surface area contributed by atoms with Gasteiger partial charge in [0.2, 0.25) is 0 Å². The van der Waals surface area contributed by atoms with E-state index in [1.54, 1.807) is 7.11 Å². The van der Waals surface area contributed by atoms with E-state index >= 15 is 0 Å². The van der Waals surface area contributed by atoms with E-state index < -0.39 is 0 Å². The van der Waals surface area contributed by atoms with Crippen LogP contribution in [0.5, 0.6) is 5.75 Å². The Kier molecular flexibility index (Phi) is 5.21. The van der Waals surface area contributed by atoms with Crippen LogP contribution < -0.4 is 4.74 Å². The SMILES string of the molecule is COc1ccc(COOCc2ccc(Cl)cc2)cc1. The molecule has 4 heteroatoms. The highest BCUT2D eigenvalue weighted by atomic mass is 35.5. The van der Waals surface area contributed by atoms with Crippen LogP contribution in [-0.2, 0) is 23.0 Å². The van der Waals surface area contributed by atoms with Crippen molar-refractivity contribution in [1.29, 1.82) is 0 Å². The maximum atomic E-state index is 5.80. The normalized spacial score (nSPS) is 10.4. The van der Waals surface area contributed by atoms with Crippen molar-refractivity contribution in [3.05, 3.63) is 64.7 Å². The highest BCUT2D eigenvalue weighted by molar-refractivity contribution is 6.30. The fraction of sp³-hybridized carbons (Fsp3) is 0.200. The third-order valence-corrected chi connectivity index (χ3v) is 2.86. The summed E-state index contributed by atoms with van der Waals surface area (Å²) in [4.78, 5) is 10.3. The zero-order valence-corrected chi connectivity index (χ0v) is 11.4. The molecule has 3 nitrogen and oxygen atoms in total. The van der Waals surface area contributed by atoms with Crippen molar-refractivity contribution in [3.8, 4) is 5.75 Å². The third kappa shape index (κ3) is 4.56. The molecule has 2 aromatic rings. The fourth-order valence-electron chi connectivity index (χ4n) is 1.52. The molecule has 19 heavy (non-hydrogen) atoms. The predicted octanol–water partition coefficient (Wildman–Crippen LogP) is 4.00. The van der Waals surface area contributed by atoms with E-state index in [-0.39, 0.29) is 0 Å². The van der Waals surface area contributed by atoms with Crippen LogP contribution in [0.3, 0.4) is 0 Å². The molecule has 0 N–H and O–H groups in total. The summed E-state index contributed by atoms with van der Waals surface area (Å²) in [5, 5.41) is 0.711. The zero-order chi connectivity index (χ0) is 13.5. The second-order valence-corrected chi connectivity index (χ2v) is 4.44. The van der Waals surface area contributed by atoms with E-state index in [0.717, 1.165) is 16.9 Å². The van der Waals surface area contributed by atoms with Gasteiger partial charge in [-0.15, -0.1) is 0 Å². The summed E-state index contributed by atoms with van der Waals surface area (Å²) in [5.41, 5.74) is 2.04. The van der Waals surface area contributed by atoms with Gasteiger partial charge in [-0.25, -0.2) is 9.78 Å². The number of ether oxygens (including phenoxy) is 1. The Morgan fingerprint density at radius 1 is 0.789 bits per heavy atom. The highest BCUT2D eigenvalue weighted by Gasteiger charge is 1.97. The molecule has 0 aliphatic heterocycles. The van der Waals surface area contributed by atoms with Crippen LogP contribution in [0.2, 0.25) is 5.02 Å². The van der Waals surface area contributed by atoms with Crippen molar-refractivity contribution >= 4 is 11.6 Å². The van der Waals surface area contributed by atoms with Gasteiger partial charge in [0.15, 0.2) is 0 Å². The minimum Gasteiger partial charge on any atom is -0.497 e. The van der Waals surface area contributed by atoms with Crippen LogP contribution in [0.15, 0.2) is 48.5 Å². The Morgan fingerprint density at radius 3 is 1.74 bits per heavy atom. The molecule has 0 fully saturated rings. The van der Waals surface area contributed by atoms with Crippen molar-refractivity contribution < 1.29 is 14.5 Å². The van der Waals surface area contributed by atoms with Crippen LogP contribution in [0.25, 0.3) is 0 Å². The van der Waals surface area contributed by atoms with Crippen molar-refractivity contribution in [3.63, 3.8) is 0 Å². The van der Waals surface area contributed by atoms with Crippen molar-refractivity contribution in [2.75, 3.05) is 7.11 Å². The zero-order valence-electron chi connectivity index (χ0n) is 10.6. The molecule has 0 heterocycles. The van der Waals surface area contributed by atoms with Crippen LogP contribution in [0.1, 0.15) is 11.1 Å². The summed E-state index contributed by atoms with van der Waals surface area (Å²) in [6.45, 7) is 0.797. The molecule has 100 valence electrons. The Balaban J connectivity index is 1.72. The van der Waals surface area contributed by atoms with Gasteiger partial charge in [0.25, 0.3) is 0 Å². The highest BCUT2D eigenvalue weighted by Crippen LogP contribution is 2.13. The first-order chi connectivity index (χ1) is 9.28. The number of methoxy groups -OCH3 is 1. The molecule has 0 spiro atoms. The Labute approximate surface area is 117 Å². The van der Waals surface area contributed by atoms with Gasteiger partial charge in [-0.2, -0.15) is 0 Å². The molecule has 0 atom stereocenters. The van der Waals surface area contributed by atoms with E-state index in [1.165, 1.54) is 0 Å². The van der Waals surface area contributed by atoms with Gasteiger partial charge in [-0.3, -0.25) is 0 Å². The third-order valence-electron chi connectivity index (χ3n) is 2.61. The standard InChI is InChI=1S/C15H15ClO3/c1-17-15-8-4-13(5-9-15)11-19-18-10-12-2-6-14(16)7-3-12/h2-9H,10-11H2,1H3. The number of hydrogen-bond acceptors (Lipinski definition) is 3. The second-order valence-electron chi connectivity index (χ2n) is 4.00. The molecule has 0 radical (unpaired) electrons. The molecule has 0 aliphatic rings. The first kappa shape index (κ1) is 13.9. The van der Waals surface area contributed by atoms with Crippen molar-refractivity contribution in [2.24, 2.45) is 0 Å². The number of halogens is 1. The van der Waals surface area contributed by atoms with Gasteiger partial charge < -0.3 is 4.74 Å². The van der Waals surface area contributed by atoms with Gasteiger partial charge in [-0.1, -0.05) is 35.9 Å². The minimum absolute atomic E-state index is 0.396. The topological polar surface area (TPSA) is 27.7 Å². The van der Waals surface area contributed by atoms with E-state index in [1.807, 2.05) is 48.5 Å².